The van der Waals surface area contributed by atoms with Crippen molar-refractivity contribution in [3.8, 4) is 0 Å². The van der Waals surface area contributed by atoms with Gasteiger partial charge in [0, 0.05) is 63.7 Å². The summed E-state index contributed by atoms with van der Waals surface area (Å²) in [5.74, 6) is 0. The molecular formula is C22H34N6. The molecule has 0 amide bonds. The first-order chi connectivity index (χ1) is 13.7. The lowest BCUT2D eigenvalue weighted by molar-refractivity contribution is 0.203. The largest absolute Gasteiger partial charge is 0.328 e. The summed E-state index contributed by atoms with van der Waals surface area (Å²) in [4.78, 5) is 13.5. The summed E-state index contributed by atoms with van der Waals surface area (Å²) in [6.45, 7) is 6.37. The molecule has 0 atom stereocenters. The second kappa shape index (κ2) is 11.2. The minimum absolute atomic E-state index is 0.412. The number of rotatable bonds is 4. The van der Waals surface area contributed by atoms with Gasteiger partial charge in [0.1, 0.15) is 0 Å². The maximum absolute atomic E-state index is 5.85. The van der Waals surface area contributed by atoms with Crippen molar-refractivity contribution in [2.45, 2.75) is 50.9 Å². The average molecular weight is 383 g/mol. The molecule has 0 aliphatic carbocycles. The maximum atomic E-state index is 5.85. The maximum Gasteiger partial charge on any atom is 0.0543 e. The number of nitrogens with two attached hydrogens (primary N) is 2. The first-order valence-corrected chi connectivity index (χ1v) is 10.4. The van der Waals surface area contributed by atoms with Gasteiger partial charge in [-0.25, -0.2) is 0 Å². The molecule has 0 unspecified atom stereocenters. The van der Waals surface area contributed by atoms with E-state index in [-0.39, 0.29) is 0 Å². The van der Waals surface area contributed by atoms with Crippen LogP contribution in [0.1, 0.15) is 37.1 Å². The summed E-state index contributed by atoms with van der Waals surface area (Å²) in [5.41, 5.74) is 14.0. The van der Waals surface area contributed by atoms with Gasteiger partial charge in [0.2, 0.25) is 0 Å². The van der Waals surface area contributed by atoms with E-state index in [4.69, 9.17) is 11.5 Å². The molecule has 0 saturated carbocycles. The lowest BCUT2D eigenvalue weighted by atomic mass is 10.1. The topological polar surface area (TPSA) is 84.3 Å². The fraction of sp³-hybridized carbons (Fsp3) is 0.545. The summed E-state index contributed by atoms with van der Waals surface area (Å²) >= 11 is 0. The predicted molar refractivity (Wildman–Crippen MR) is 113 cm³/mol. The number of hydrogen-bond acceptors (Lipinski definition) is 6. The fourth-order valence-electron chi connectivity index (χ4n) is 3.66. The van der Waals surface area contributed by atoms with Crippen LogP contribution >= 0.6 is 0 Å². The number of nitrogens with zero attached hydrogens (tertiary/aromatic N) is 4. The highest BCUT2D eigenvalue weighted by Gasteiger charge is 2.16. The zero-order valence-electron chi connectivity index (χ0n) is 16.8. The Kier molecular flexibility index (Phi) is 8.36. The first-order valence-electron chi connectivity index (χ1n) is 10.4. The number of aromatic nitrogens is 2. The van der Waals surface area contributed by atoms with Crippen LogP contribution in [0.3, 0.4) is 0 Å². The Morgan fingerprint density at radius 2 is 1.07 bits per heavy atom. The minimum Gasteiger partial charge on any atom is -0.328 e. The molecule has 2 saturated heterocycles. The second-order valence-corrected chi connectivity index (χ2v) is 7.87. The van der Waals surface area contributed by atoms with E-state index in [1.54, 1.807) is 0 Å². The summed E-state index contributed by atoms with van der Waals surface area (Å²) in [7, 11) is 0. The Hall–Kier alpha value is -1.86. The monoisotopic (exact) mass is 382 g/mol. The van der Waals surface area contributed by atoms with Crippen LogP contribution in [0, 0.1) is 0 Å². The van der Waals surface area contributed by atoms with E-state index in [1.165, 1.54) is 0 Å². The van der Waals surface area contributed by atoms with Gasteiger partial charge in [0.05, 0.1) is 11.4 Å². The van der Waals surface area contributed by atoms with Gasteiger partial charge in [0.25, 0.3) is 0 Å². The fourth-order valence-corrected chi connectivity index (χ4v) is 3.66. The highest BCUT2D eigenvalue weighted by atomic mass is 15.1. The Morgan fingerprint density at radius 1 is 0.679 bits per heavy atom. The number of pyridine rings is 2. The molecule has 2 aliphatic heterocycles. The van der Waals surface area contributed by atoms with Crippen molar-refractivity contribution in [3.63, 3.8) is 0 Å². The van der Waals surface area contributed by atoms with Crippen molar-refractivity contribution < 1.29 is 0 Å². The Balaban J connectivity index is 0.000000161. The summed E-state index contributed by atoms with van der Waals surface area (Å²) in [6.07, 6.45) is 8.18. The summed E-state index contributed by atoms with van der Waals surface area (Å²) in [5, 5.41) is 0. The highest BCUT2D eigenvalue weighted by Crippen LogP contribution is 2.11. The molecule has 0 radical (unpaired) electrons. The van der Waals surface area contributed by atoms with E-state index in [2.05, 4.69) is 31.9 Å². The normalized spacial score (nSPS) is 19.8. The second-order valence-electron chi connectivity index (χ2n) is 7.87. The molecule has 4 N–H and O–H groups in total. The standard InChI is InChI=1S/2C11H17N3/c2*12-10-4-7-14(8-5-10)9-11-3-1-2-6-13-11/h2*1-3,6,10H,4-5,7-9,12H2. The van der Waals surface area contributed by atoms with Crippen molar-refractivity contribution in [2.24, 2.45) is 11.5 Å². The zero-order valence-corrected chi connectivity index (χ0v) is 16.8. The average Bonchev–Trinajstić information content (AvgIpc) is 2.74. The molecule has 2 aromatic heterocycles. The number of likely N-dealkylation sites (tertiary alicyclic amines) is 2. The van der Waals surface area contributed by atoms with E-state index < -0.39 is 0 Å². The summed E-state index contributed by atoms with van der Waals surface area (Å²) < 4.78 is 0. The molecule has 0 aromatic carbocycles. The third-order valence-electron chi connectivity index (χ3n) is 5.49. The SMILES string of the molecule is NC1CCN(Cc2ccccn2)CC1.NC1CCN(Cc2ccccn2)CC1. The third kappa shape index (κ3) is 7.28. The van der Waals surface area contributed by atoms with Gasteiger partial charge >= 0.3 is 0 Å². The molecule has 6 heteroatoms. The highest BCUT2D eigenvalue weighted by molar-refractivity contribution is 5.04. The van der Waals surface area contributed by atoms with E-state index in [0.29, 0.717) is 12.1 Å². The smallest absolute Gasteiger partial charge is 0.0543 e. The van der Waals surface area contributed by atoms with E-state index >= 15 is 0 Å². The van der Waals surface area contributed by atoms with Crippen LogP contribution in [0.2, 0.25) is 0 Å². The van der Waals surface area contributed by atoms with Crippen LogP contribution in [0.4, 0.5) is 0 Å². The minimum atomic E-state index is 0.412. The Morgan fingerprint density at radius 3 is 1.39 bits per heavy atom. The van der Waals surface area contributed by atoms with Crippen LogP contribution in [0.15, 0.2) is 48.8 Å². The van der Waals surface area contributed by atoms with Crippen molar-refractivity contribution in [1.29, 1.82) is 0 Å². The Bertz CT molecular complexity index is 590. The van der Waals surface area contributed by atoms with Gasteiger partial charge in [-0.15, -0.1) is 0 Å². The van der Waals surface area contributed by atoms with Crippen molar-refractivity contribution >= 4 is 0 Å². The molecule has 4 heterocycles. The Labute approximate surface area is 169 Å². The van der Waals surface area contributed by atoms with Gasteiger partial charge in [0.15, 0.2) is 0 Å². The first kappa shape index (κ1) is 20.9. The zero-order chi connectivity index (χ0) is 19.6. The van der Waals surface area contributed by atoms with Crippen LogP contribution in [0.5, 0.6) is 0 Å². The quantitative estimate of drug-likeness (QED) is 0.841. The molecule has 0 bridgehead atoms. The number of piperidine rings is 2. The van der Waals surface area contributed by atoms with Crippen LogP contribution in [-0.4, -0.2) is 58.0 Å². The molecule has 28 heavy (non-hydrogen) atoms. The lowest BCUT2D eigenvalue weighted by Crippen LogP contribution is -2.39. The molecule has 152 valence electrons. The van der Waals surface area contributed by atoms with E-state index in [0.717, 1.165) is 76.3 Å². The van der Waals surface area contributed by atoms with Gasteiger partial charge in [-0.05, 0) is 49.9 Å². The molecule has 4 rings (SSSR count). The van der Waals surface area contributed by atoms with Gasteiger partial charge < -0.3 is 11.5 Å². The van der Waals surface area contributed by atoms with Crippen LogP contribution < -0.4 is 11.5 Å². The van der Waals surface area contributed by atoms with Gasteiger partial charge in [-0.3, -0.25) is 19.8 Å². The third-order valence-corrected chi connectivity index (χ3v) is 5.49. The molecule has 2 aromatic rings. The predicted octanol–water partition coefficient (Wildman–Crippen LogP) is 2.01. The summed E-state index contributed by atoms with van der Waals surface area (Å²) in [6, 6.07) is 13.0. The van der Waals surface area contributed by atoms with Crippen molar-refractivity contribution in [3.05, 3.63) is 60.2 Å². The molecular weight excluding hydrogens is 348 g/mol. The number of hydrogen-bond donors (Lipinski definition) is 2. The van der Waals surface area contributed by atoms with Crippen molar-refractivity contribution in [1.82, 2.24) is 19.8 Å². The lowest BCUT2D eigenvalue weighted by Gasteiger charge is -2.29. The molecule has 0 spiro atoms. The van der Waals surface area contributed by atoms with Crippen LogP contribution in [-0.2, 0) is 13.1 Å². The molecule has 6 nitrogen and oxygen atoms in total. The molecule has 2 fully saturated rings. The van der Waals surface area contributed by atoms with Crippen LogP contribution in [0.25, 0.3) is 0 Å². The van der Waals surface area contributed by atoms with E-state index in [1.807, 2.05) is 36.7 Å². The van der Waals surface area contributed by atoms with Gasteiger partial charge in [-0.2, -0.15) is 0 Å². The molecule has 2 aliphatic rings. The van der Waals surface area contributed by atoms with E-state index in [9.17, 15) is 0 Å². The van der Waals surface area contributed by atoms with Gasteiger partial charge in [-0.1, -0.05) is 12.1 Å². The van der Waals surface area contributed by atoms with Crippen molar-refractivity contribution in [2.75, 3.05) is 26.2 Å².